The molecular weight excluding hydrogens is 238 g/mol. The van der Waals surface area contributed by atoms with Crippen LogP contribution in [0.2, 0.25) is 0 Å². The van der Waals surface area contributed by atoms with Crippen molar-refractivity contribution < 1.29 is 0 Å². The first-order valence-electron chi connectivity index (χ1n) is 5.86. The van der Waals surface area contributed by atoms with Crippen molar-refractivity contribution in [2.24, 2.45) is 0 Å². The number of hydrogen-bond acceptors (Lipinski definition) is 5. The summed E-state index contributed by atoms with van der Waals surface area (Å²) >= 11 is 0. The average Bonchev–Trinajstić information content (AvgIpc) is 2.49. The molecule has 0 bridgehead atoms. The molecule has 0 saturated carbocycles. The fraction of sp³-hybridized carbons (Fsp3) is 0.0714. The smallest absolute Gasteiger partial charge is 0.166 e. The monoisotopic (exact) mass is 249 g/mol. The highest BCUT2D eigenvalue weighted by molar-refractivity contribution is 5.59. The molecule has 0 radical (unpaired) electrons. The van der Waals surface area contributed by atoms with Crippen molar-refractivity contribution in [3.05, 3.63) is 54.9 Å². The van der Waals surface area contributed by atoms with Gasteiger partial charge < -0.3 is 0 Å². The maximum absolute atomic E-state index is 4.44. The quantitative estimate of drug-likeness (QED) is 0.697. The van der Waals surface area contributed by atoms with E-state index in [4.69, 9.17) is 0 Å². The molecule has 92 valence electrons. The molecule has 0 unspecified atom stereocenters. The van der Waals surface area contributed by atoms with Gasteiger partial charge in [0.25, 0.3) is 0 Å². The third-order valence-corrected chi connectivity index (χ3v) is 2.64. The number of aromatic nitrogens is 5. The molecule has 2 heterocycles. The second-order valence-corrected chi connectivity index (χ2v) is 4.02. The third-order valence-electron chi connectivity index (χ3n) is 2.64. The Morgan fingerprint density at radius 1 is 0.737 bits per heavy atom. The van der Waals surface area contributed by atoms with Crippen LogP contribution in [-0.2, 0) is 0 Å². The largest absolute Gasteiger partial charge is 0.241 e. The van der Waals surface area contributed by atoms with Gasteiger partial charge in [0.15, 0.2) is 11.6 Å². The maximum atomic E-state index is 4.44. The summed E-state index contributed by atoms with van der Waals surface area (Å²) in [6, 6.07) is 9.79. The Balaban J connectivity index is 2.03. The van der Waals surface area contributed by atoms with Gasteiger partial charge in [-0.1, -0.05) is 30.3 Å². The van der Waals surface area contributed by atoms with Gasteiger partial charge in [-0.3, -0.25) is 0 Å². The van der Waals surface area contributed by atoms with Crippen molar-refractivity contribution in [2.45, 2.75) is 6.92 Å². The first-order valence-corrected chi connectivity index (χ1v) is 5.86. The van der Waals surface area contributed by atoms with Gasteiger partial charge in [0.2, 0.25) is 0 Å². The van der Waals surface area contributed by atoms with Crippen LogP contribution in [0.1, 0.15) is 5.82 Å². The van der Waals surface area contributed by atoms with Crippen LogP contribution < -0.4 is 0 Å². The summed E-state index contributed by atoms with van der Waals surface area (Å²) in [5.74, 6) is 1.95. The van der Waals surface area contributed by atoms with E-state index in [1.54, 1.807) is 12.4 Å². The van der Waals surface area contributed by atoms with Crippen molar-refractivity contribution in [3.63, 3.8) is 0 Å². The second-order valence-electron chi connectivity index (χ2n) is 4.02. The minimum absolute atomic E-state index is 0.578. The first-order chi connectivity index (χ1) is 9.33. The number of nitrogens with zero attached hydrogens (tertiary/aromatic N) is 5. The van der Waals surface area contributed by atoms with Crippen LogP contribution in [-0.4, -0.2) is 24.9 Å². The van der Waals surface area contributed by atoms with Gasteiger partial charge in [-0.25, -0.2) is 24.9 Å². The summed E-state index contributed by atoms with van der Waals surface area (Å²) < 4.78 is 0. The van der Waals surface area contributed by atoms with Crippen LogP contribution in [0.15, 0.2) is 49.1 Å². The Hall–Kier alpha value is -2.69. The predicted octanol–water partition coefficient (Wildman–Crippen LogP) is 2.30. The molecule has 5 nitrogen and oxygen atoms in total. The van der Waals surface area contributed by atoms with Gasteiger partial charge in [0, 0.05) is 18.0 Å². The number of hydrogen-bond donors (Lipinski definition) is 0. The molecular formula is C14H11N5. The SMILES string of the molecule is Cc1ncc(-c2ncnc(-c3ccccc3)n2)cn1. The van der Waals surface area contributed by atoms with Gasteiger partial charge in [-0.05, 0) is 6.92 Å². The molecule has 0 amide bonds. The van der Waals surface area contributed by atoms with E-state index in [0.717, 1.165) is 17.0 Å². The standard InChI is InChI=1S/C14H11N5/c1-10-15-7-12(8-16-10)14-18-9-17-13(19-14)11-5-3-2-4-6-11/h2-9H,1H3. The Bertz CT molecular complexity index is 680. The lowest BCUT2D eigenvalue weighted by Crippen LogP contribution is -1.96. The Labute approximate surface area is 110 Å². The number of aryl methyl sites for hydroxylation is 1. The second kappa shape index (κ2) is 4.89. The van der Waals surface area contributed by atoms with E-state index in [9.17, 15) is 0 Å². The summed E-state index contributed by atoms with van der Waals surface area (Å²) in [5, 5.41) is 0. The summed E-state index contributed by atoms with van der Waals surface area (Å²) in [6.07, 6.45) is 4.93. The Kier molecular flexibility index (Phi) is 2.94. The summed E-state index contributed by atoms with van der Waals surface area (Å²) in [7, 11) is 0. The van der Waals surface area contributed by atoms with Crippen LogP contribution in [0.3, 0.4) is 0 Å². The molecule has 2 aromatic heterocycles. The highest BCUT2D eigenvalue weighted by Crippen LogP contribution is 2.17. The lowest BCUT2D eigenvalue weighted by molar-refractivity contribution is 1.02. The van der Waals surface area contributed by atoms with Gasteiger partial charge >= 0.3 is 0 Å². The molecule has 0 aliphatic rings. The van der Waals surface area contributed by atoms with Crippen molar-refractivity contribution in [1.82, 2.24) is 24.9 Å². The molecule has 19 heavy (non-hydrogen) atoms. The Morgan fingerprint density at radius 2 is 1.37 bits per heavy atom. The van der Waals surface area contributed by atoms with Gasteiger partial charge in [0.05, 0.1) is 5.56 Å². The Morgan fingerprint density at radius 3 is 2.05 bits per heavy atom. The van der Waals surface area contributed by atoms with E-state index in [2.05, 4.69) is 24.9 Å². The first kappa shape index (κ1) is 11.4. The molecule has 1 aromatic carbocycles. The van der Waals surface area contributed by atoms with Crippen molar-refractivity contribution in [3.8, 4) is 22.8 Å². The summed E-state index contributed by atoms with van der Waals surface area (Å²) in [5.41, 5.74) is 1.74. The van der Waals surface area contributed by atoms with Crippen molar-refractivity contribution >= 4 is 0 Å². The van der Waals surface area contributed by atoms with E-state index in [-0.39, 0.29) is 0 Å². The molecule has 0 aliphatic heterocycles. The lowest BCUT2D eigenvalue weighted by atomic mass is 10.2. The zero-order valence-electron chi connectivity index (χ0n) is 10.4. The van der Waals surface area contributed by atoms with E-state index < -0.39 is 0 Å². The topological polar surface area (TPSA) is 64.5 Å². The molecule has 3 aromatic rings. The minimum Gasteiger partial charge on any atom is -0.241 e. The minimum atomic E-state index is 0.578. The van der Waals surface area contributed by atoms with Crippen LogP contribution >= 0.6 is 0 Å². The fourth-order valence-corrected chi connectivity index (χ4v) is 1.67. The van der Waals surface area contributed by atoms with E-state index in [1.165, 1.54) is 6.33 Å². The zero-order valence-corrected chi connectivity index (χ0v) is 10.4. The normalized spacial score (nSPS) is 10.4. The molecule has 0 N–H and O–H groups in total. The van der Waals surface area contributed by atoms with Gasteiger partial charge in [0.1, 0.15) is 12.2 Å². The van der Waals surface area contributed by atoms with Crippen molar-refractivity contribution in [1.29, 1.82) is 0 Å². The molecule has 0 atom stereocenters. The van der Waals surface area contributed by atoms with Gasteiger partial charge in [-0.15, -0.1) is 0 Å². The average molecular weight is 249 g/mol. The van der Waals surface area contributed by atoms with Crippen LogP contribution in [0.4, 0.5) is 0 Å². The van der Waals surface area contributed by atoms with E-state index in [0.29, 0.717) is 11.6 Å². The molecule has 5 heteroatoms. The van der Waals surface area contributed by atoms with E-state index in [1.807, 2.05) is 37.3 Å². The van der Waals surface area contributed by atoms with Gasteiger partial charge in [-0.2, -0.15) is 0 Å². The predicted molar refractivity (Wildman–Crippen MR) is 71.0 cm³/mol. The number of benzene rings is 1. The molecule has 0 fully saturated rings. The van der Waals surface area contributed by atoms with Crippen LogP contribution in [0, 0.1) is 6.92 Å². The number of rotatable bonds is 2. The zero-order chi connectivity index (χ0) is 13.1. The molecule has 0 saturated heterocycles. The van der Waals surface area contributed by atoms with Crippen molar-refractivity contribution in [2.75, 3.05) is 0 Å². The highest BCUT2D eigenvalue weighted by atomic mass is 15.0. The molecule has 3 rings (SSSR count). The fourth-order valence-electron chi connectivity index (χ4n) is 1.67. The maximum Gasteiger partial charge on any atom is 0.166 e. The molecule has 0 spiro atoms. The summed E-state index contributed by atoms with van der Waals surface area (Å²) in [4.78, 5) is 21.1. The lowest BCUT2D eigenvalue weighted by Gasteiger charge is -2.02. The third kappa shape index (κ3) is 2.44. The van der Waals surface area contributed by atoms with E-state index >= 15 is 0 Å². The van der Waals surface area contributed by atoms with Crippen LogP contribution in [0.25, 0.3) is 22.8 Å². The summed E-state index contributed by atoms with van der Waals surface area (Å²) in [6.45, 7) is 1.84. The molecule has 0 aliphatic carbocycles. The van der Waals surface area contributed by atoms with Crippen LogP contribution in [0.5, 0.6) is 0 Å². The highest BCUT2D eigenvalue weighted by Gasteiger charge is 2.06.